The summed E-state index contributed by atoms with van der Waals surface area (Å²) in [6.07, 6.45) is 9.94. The number of unbranched alkanes of at least 4 members (excludes halogenated alkanes) is 2. The summed E-state index contributed by atoms with van der Waals surface area (Å²) in [5.41, 5.74) is 3.00. The fourth-order valence-corrected chi connectivity index (χ4v) is 6.58. The summed E-state index contributed by atoms with van der Waals surface area (Å²) in [5.74, 6) is 0.155. The van der Waals surface area contributed by atoms with Gasteiger partial charge in [0.2, 0.25) is 0 Å². The third-order valence-electron chi connectivity index (χ3n) is 7.76. The van der Waals surface area contributed by atoms with E-state index in [1.54, 1.807) is 7.11 Å². The lowest BCUT2D eigenvalue weighted by Crippen LogP contribution is -2.57. The number of rotatable bonds is 6. The molecule has 2 aliphatic carbocycles. The third kappa shape index (κ3) is 3.20. The van der Waals surface area contributed by atoms with Crippen LogP contribution in [0.25, 0.3) is 0 Å². The lowest BCUT2D eigenvalue weighted by atomic mass is 9.61. The van der Waals surface area contributed by atoms with Gasteiger partial charge in [-0.2, -0.15) is 0 Å². The van der Waals surface area contributed by atoms with E-state index >= 15 is 0 Å². The zero-order chi connectivity index (χ0) is 21.5. The molecule has 1 atom stereocenters. The van der Waals surface area contributed by atoms with Crippen LogP contribution in [0.5, 0.6) is 0 Å². The summed E-state index contributed by atoms with van der Waals surface area (Å²) in [6.45, 7) is 6.34. The van der Waals surface area contributed by atoms with Gasteiger partial charge in [0.05, 0.1) is 6.10 Å². The molecule has 4 nitrogen and oxygen atoms in total. The Kier molecular flexibility index (Phi) is 5.97. The van der Waals surface area contributed by atoms with Gasteiger partial charge in [-0.05, 0) is 87.7 Å². The molecule has 0 aromatic heterocycles. The first-order valence-electron chi connectivity index (χ1n) is 11.7. The summed E-state index contributed by atoms with van der Waals surface area (Å²) < 4.78 is 5.66. The highest BCUT2D eigenvalue weighted by atomic mass is 32.1. The number of ether oxygens (including phenoxy) is 1. The van der Waals surface area contributed by atoms with Crippen LogP contribution in [0, 0.1) is 5.41 Å². The lowest BCUT2D eigenvalue weighted by molar-refractivity contribution is -0.139. The first kappa shape index (κ1) is 21.8. The average molecular weight is 429 g/mol. The molecule has 1 saturated carbocycles. The molecule has 1 heterocycles. The minimum Gasteiger partial charge on any atom is -0.381 e. The zero-order valence-corrected chi connectivity index (χ0v) is 19.7. The number of nitrogens with one attached hydrogen (secondary N) is 1. The summed E-state index contributed by atoms with van der Waals surface area (Å²) >= 11 is 5.72. The summed E-state index contributed by atoms with van der Waals surface area (Å²) in [5, 5.41) is 4.21. The zero-order valence-electron chi connectivity index (χ0n) is 18.9. The van der Waals surface area contributed by atoms with Crippen molar-refractivity contribution in [3.05, 3.63) is 34.9 Å². The van der Waals surface area contributed by atoms with E-state index in [1.165, 1.54) is 36.0 Å². The van der Waals surface area contributed by atoms with E-state index in [0.29, 0.717) is 11.2 Å². The smallest absolute Gasteiger partial charge is 0.259 e. The monoisotopic (exact) mass is 428 g/mol. The fraction of sp³-hybridized carbons (Fsp3) is 0.680. The van der Waals surface area contributed by atoms with Crippen molar-refractivity contribution < 1.29 is 9.53 Å². The second-order valence-electron chi connectivity index (χ2n) is 9.79. The van der Waals surface area contributed by atoms with Crippen LogP contribution in [0.15, 0.2) is 18.2 Å². The molecule has 2 spiro atoms. The SMILES string of the molecule is CCCCCc1ccc2c(c1)C1(NC(=S)N(C(C)C)C1=O)[C@]1(CC[C@H](OC)CC1)C2. The molecule has 4 rings (SSSR count). The fourth-order valence-electron chi connectivity index (χ4n) is 6.13. The van der Waals surface area contributed by atoms with Crippen LogP contribution >= 0.6 is 12.2 Å². The second kappa shape index (κ2) is 8.23. The molecule has 5 heteroatoms. The molecule has 1 aromatic carbocycles. The highest BCUT2D eigenvalue weighted by molar-refractivity contribution is 7.80. The van der Waals surface area contributed by atoms with Crippen molar-refractivity contribution in [2.75, 3.05) is 7.11 Å². The molecule has 3 aliphatic rings. The van der Waals surface area contributed by atoms with Crippen molar-refractivity contribution in [3.63, 3.8) is 0 Å². The molecule has 0 bridgehead atoms. The van der Waals surface area contributed by atoms with Gasteiger partial charge in [-0.15, -0.1) is 0 Å². The average Bonchev–Trinajstić information content (AvgIpc) is 3.15. The number of methoxy groups -OCH3 is 1. The van der Waals surface area contributed by atoms with Gasteiger partial charge in [0, 0.05) is 18.6 Å². The van der Waals surface area contributed by atoms with Gasteiger partial charge in [-0.3, -0.25) is 9.69 Å². The van der Waals surface area contributed by atoms with E-state index in [-0.39, 0.29) is 17.4 Å². The highest BCUT2D eigenvalue weighted by Gasteiger charge is 2.67. The molecule has 1 N–H and O–H groups in total. The Balaban J connectivity index is 1.78. The van der Waals surface area contributed by atoms with Gasteiger partial charge >= 0.3 is 0 Å². The minimum atomic E-state index is -0.719. The van der Waals surface area contributed by atoms with E-state index in [4.69, 9.17) is 17.0 Å². The normalized spacial score (nSPS) is 30.6. The van der Waals surface area contributed by atoms with E-state index in [1.807, 2.05) is 4.90 Å². The highest BCUT2D eigenvalue weighted by Crippen LogP contribution is 2.60. The summed E-state index contributed by atoms with van der Waals surface area (Å²) in [4.78, 5) is 15.9. The molecule has 1 unspecified atom stereocenters. The number of hydrogen-bond donors (Lipinski definition) is 1. The number of hydrogen-bond acceptors (Lipinski definition) is 3. The number of carbonyl (C=O) groups excluding carboxylic acids is 1. The molecule has 30 heavy (non-hydrogen) atoms. The number of carbonyl (C=O) groups is 1. The Labute approximate surface area is 186 Å². The van der Waals surface area contributed by atoms with Crippen molar-refractivity contribution in [2.45, 2.75) is 96.2 Å². The van der Waals surface area contributed by atoms with Crippen LogP contribution in [0.2, 0.25) is 0 Å². The molecule has 1 aromatic rings. The predicted octanol–water partition coefficient (Wildman–Crippen LogP) is 4.87. The minimum absolute atomic E-state index is 0.0565. The maximum absolute atomic E-state index is 14.1. The van der Waals surface area contributed by atoms with E-state index < -0.39 is 5.54 Å². The number of fused-ring (bicyclic) bond motifs is 3. The molecular weight excluding hydrogens is 392 g/mol. The number of nitrogens with zero attached hydrogens (tertiary/aromatic N) is 1. The van der Waals surface area contributed by atoms with E-state index in [0.717, 1.165) is 38.5 Å². The van der Waals surface area contributed by atoms with Crippen LogP contribution in [0.1, 0.15) is 82.4 Å². The van der Waals surface area contributed by atoms with Crippen LogP contribution in [-0.4, -0.2) is 35.2 Å². The van der Waals surface area contributed by atoms with Crippen molar-refractivity contribution in [1.82, 2.24) is 10.2 Å². The number of aryl methyl sites for hydroxylation is 1. The van der Waals surface area contributed by atoms with Crippen LogP contribution < -0.4 is 5.32 Å². The largest absolute Gasteiger partial charge is 0.381 e. The Bertz CT molecular complexity index is 828. The van der Waals surface area contributed by atoms with E-state index in [2.05, 4.69) is 44.3 Å². The van der Waals surface area contributed by atoms with Gasteiger partial charge in [-0.1, -0.05) is 38.0 Å². The Morgan fingerprint density at radius 2 is 2.00 bits per heavy atom. The van der Waals surface area contributed by atoms with Gasteiger partial charge in [-0.25, -0.2) is 0 Å². The number of benzene rings is 1. The molecule has 164 valence electrons. The standard InChI is InChI=1S/C25H36N2O2S/c1-5-6-7-8-18-9-10-19-16-24(13-11-20(29-4)12-14-24)25(21(19)15-18)22(28)27(17(2)3)23(30)26-25/h9-10,15,17,20H,5-8,11-14,16H2,1-4H3,(H,26,30)/t20-,24-,25?. The maximum Gasteiger partial charge on any atom is 0.259 e. The molecular formula is C25H36N2O2S. The van der Waals surface area contributed by atoms with Crippen LogP contribution in [0.3, 0.4) is 0 Å². The summed E-state index contributed by atoms with van der Waals surface area (Å²) in [6, 6.07) is 6.94. The van der Waals surface area contributed by atoms with Crippen LogP contribution in [-0.2, 0) is 27.9 Å². The quantitative estimate of drug-likeness (QED) is 0.518. The molecule has 1 saturated heterocycles. The second-order valence-corrected chi connectivity index (χ2v) is 10.2. The maximum atomic E-state index is 14.1. The van der Waals surface area contributed by atoms with Gasteiger partial charge < -0.3 is 10.1 Å². The number of thiocarbonyl (C=S) groups is 1. The van der Waals surface area contributed by atoms with Gasteiger partial charge in [0.1, 0.15) is 0 Å². The van der Waals surface area contributed by atoms with Crippen molar-refractivity contribution in [2.24, 2.45) is 5.41 Å². The number of amides is 1. The molecule has 2 fully saturated rings. The molecule has 0 radical (unpaired) electrons. The Hall–Kier alpha value is -1.46. The first-order chi connectivity index (χ1) is 14.4. The first-order valence-corrected chi connectivity index (χ1v) is 12.1. The van der Waals surface area contributed by atoms with Gasteiger partial charge in [0.25, 0.3) is 5.91 Å². The Morgan fingerprint density at radius 1 is 1.27 bits per heavy atom. The topological polar surface area (TPSA) is 41.6 Å². The van der Waals surface area contributed by atoms with E-state index in [9.17, 15) is 4.79 Å². The van der Waals surface area contributed by atoms with Crippen LogP contribution in [0.4, 0.5) is 0 Å². The van der Waals surface area contributed by atoms with Crippen molar-refractivity contribution >= 4 is 23.2 Å². The summed E-state index contributed by atoms with van der Waals surface area (Å²) in [7, 11) is 1.80. The van der Waals surface area contributed by atoms with Crippen molar-refractivity contribution in [3.8, 4) is 0 Å². The van der Waals surface area contributed by atoms with Gasteiger partial charge in [0.15, 0.2) is 10.7 Å². The lowest BCUT2D eigenvalue weighted by Gasteiger charge is -2.46. The molecule has 1 amide bonds. The van der Waals surface area contributed by atoms with Crippen molar-refractivity contribution in [1.29, 1.82) is 0 Å². The predicted molar refractivity (Wildman–Crippen MR) is 124 cm³/mol. The molecule has 1 aliphatic heterocycles. The Morgan fingerprint density at radius 3 is 2.60 bits per heavy atom. The third-order valence-corrected chi connectivity index (χ3v) is 8.06.